The Balaban J connectivity index is 1.39. The second-order valence-electron chi connectivity index (χ2n) is 6.18. The molecule has 0 aromatic carbocycles. The van der Waals surface area contributed by atoms with Crippen molar-refractivity contribution in [2.45, 2.75) is 32.6 Å². The Hall–Kier alpha value is -2.61. The Morgan fingerprint density at radius 3 is 2.88 bits per heavy atom. The molecule has 136 valence electrons. The van der Waals surface area contributed by atoms with Crippen molar-refractivity contribution in [1.29, 1.82) is 0 Å². The molecular formula is C18H20N4O3S. The lowest BCUT2D eigenvalue weighted by Crippen LogP contribution is -2.46. The van der Waals surface area contributed by atoms with Gasteiger partial charge in [-0.05, 0) is 25.8 Å². The van der Waals surface area contributed by atoms with Gasteiger partial charge in [0.25, 0.3) is 0 Å². The number of aromatic nitrogens is 1. The Labute approximate surface area is 155 Å². The van der Waals surface area contributed by atoms with Gasteiger partial charge in [-0.15, -0.1) is 11.3 Å². The molecule has 1 aliphatic heterocycles. The second-order valence-corrected chi connectivity index (χ2v) is 7.04. The van der Waals surface area contributed by atoms with Crippen LogP contribution in [0.1, 0.15) is 31.4 Å². The van der Waals surface area contributed by atoms with Gasteiger partial charge in [0.05, 0.1) is 17.3 Å². The monoisotopic (exact) mass is 372 g/mol. The van der Waals surface area contributed by atoms with Gasteiger partial charge >= 0.3 is 6.03 Å². The van der Waals surface area contributed by atoms with Crippen LogP contribution in [0.15, 0.2) is 34.7 Å². The number of nitrogens with one attached hydrogen (secondary N) is 1. The number of rotatable bonds is 7. The van der Waals surface area contributed by atoms with Crippen LogP contribution in [0, 0.1) is 12.8 Å². The minimum Gasteiger partial charge on any atom is -0.302 e. The Kier molecular flexibility index (Phi) is 5.72. The van der Waals surface area contributed by atoms with E-state index in [1.807, 2.05) is 12.3 Å². The van der Waals surface area contributed by atoms with E-state index in [-0.39, 0.29) is 11.8 Å². The molecule has 2 heterocycles. The van der Waals surface area contributed by atoms with Crippen LogP contribution < -0.4 is 5.32 Å². The second kappa shape index (κ2) is 8.18. The van der Waals surface area contributed by atoms with Crippen LogP contribution in [-0.4, -0.2) is 40.0 Å². The largest absolute Gasteiger partial charge is 0.350 e. The molecule has 0 saturated carbocycles. The predicted molar refractivity (Wildman–Crippen MR) is 100 cm³/mol. The molecule has 1 unspecified atom stereocenters. The summed E-state index contributed by atoms with van der Waals surface area (Å²) in [6.07, 6.45) is 9.48. The van der Waals surface area contributed by atoms with Crippen molar-refractivity contribution < 1.29 is 14.4 Å². The van der Waals surface area contributed by atoms with Crippen LogP contribution in [0.5, 0.6) is 0 Å². The Bertz CT molecular complexity index is 809. The first-order valence-electron chi connectivity index (χ1n) is 8.55. The molecule has 1 aliphatic carbocycles. The number of hydrogen-bond donors (Lipinski definition) is 1. The number of aliphatic imine (C=N–C) groups is 1. The molecule has 1 atom stereocenters. The van der Waals surface area contributed by atoms with Gasteiger partial charge in [-0.2, -0.15) is 4.99 Å². The third-order valence-corrected chi connectivity index (χ3v) is 5.01. The summed E-state index contributed by atoms with van der Waals surface area (Å²) in [5.74, 6) is -0.749. The highest BCUT2D eigenvalue weighted by atomic mass is 32.1. The number of aryl methyl sites for hydroxylation is 1. The number of carbonyl (C=O) groups excluding carboxylic acids is 3. The van der Waals surface area contributed by atoms with E-state index < -0.39 is 11.9 Å². The number of nitrogens with zero attached hydrogens (tertiary/aromatic N) is 3. The molecule has 7 nitrogen and oxygen atoms in total. The van der Waals surface area contributed by atoms with Crippen molar-refractivity contribution in [1.82, 2.24) is 9.88 Å². The van der Waals surface area contributed by atoms with Crippen LogP contribution in [0.4, 0.5) is 9.93 Å². The van der Waals surface area contributed by atoms with E-state index in [1.54, 1.807) is 24.3 Å². The maximum Gasteiger partial charge on any atom is 0.350 e. The number of anilines is 1. The maximum atomic E-state index is 12.4. The summed E-state index contributed by atoms with van der Waals surface area (Å²) in [6, 6.07) is -0.502. The van der Waals surface area contributed by atoms with E-state index >= 15 is 0 Å². The molecule has 1 N–H and O–H groups in total. The first-order chi connectivity index (χ1) is 12.5. The van der Waals surface area contributed by atoms with Crippen molar-refractivity contribution in [3.05, 3.63) is 35.4 Å². The minimum atomic E-state index is -0.502. The number of allylic oxidation sites excluding steroid dienone is 3. The molecule has 3 rings (SSSR count). The van der Waals surface area contributed by atoms with Gasteiger partial charge < -0.3 is 5.32 Å². The normalized spacial score (nSPS) is 18.7. The first kappa shape index (κ1) is 18.2. The van der Waals surface area contributed by atoms with E-state index in [0.717, 1.165) is 12.1 Å². The van der Waals surface area contributed by atoms with E-state index in [1.165, 1.54) is 16.2 Å². The molecular weight excluding hydrogens is 352 g/mol. The van der Waals surface area contributed by atoms with Gasteiger partial charge in [0, 0.05) is 18.3 Å². The summed E-state index contributed by atoms with van der Waals surface area (Å²) in [5, 5.41) is 5.26. The van der Waals surface area contributed by atoms with Crippen LogP contribution in [-0.2, 0) is 9.59 Å². The van der Waals surface area contributed by atoms with Crippen molar-refractivity contribution in [3.63, 3.8) is 0 Å². The molecule has 0 saturated heterocycles. The number of imide groups is 1. The molecule has 8 heteroatoms. The fourth-order valence-corrected chi connectivity index (χ4v) is 3.52. The zero-order valence-electron chi connectivity index (χ0n) is 14.5. The molecule has 0 spiro atoms. The van der Waals surface area contributed by atoms with Crippen molar-refractivity contribution in [2.24, 2.45) is 10.9 Å². The molecule has 0 bridgehead atoms. The molecule has 4 amide bonds. The number of hydrogen-bond acceptors (Lipinski definition) is 5. The fourth-order valence-electron chi connectivity index (χ4n) is 2.81. The molecule has 0 fully saturated rings. The number of carbonyl (C=O) groups is 3. The minimum absolute atomic E-state index is 0.0714. The number of thiazole rings is 1. The maximum absolute atomic E-state index is 12.4. The summed E-state index contributed by atoms with van der Waals surface area (Å²) >= 11 is 1.40. The topological polar surface area (TPSA) is 91.7 Å². The lowest BCUT2D eigenvalue weighted by molar-refractivity contribution is -0.129. The smallest absolute Gasteiger partial charge is 0.302 e. The average Bonchev–Trinajstić information content (AvgIpc) is 3.02. The highest BCUT2D eigenvalue weighted by molar-refractivity contribution is 7.13. The van der Waals surface area contributed by atoms with Crippen LogP contribution in [0.3, 0.4) is 0 Å². The van der Waals surface area contributed by atoms with Crippen molar-refractivity contribution >= 4 is 40.0 Å². The van der Waals surface area contributed by atoms with E-state index in [4.69, 9.17) is 0 Å². The van der Waals surface area contributed by atoms with Gasteiger partial charge in [-0.1, -0.05) is 24.6 Å². The third kappa shape index (κ3) is 4.32. The molecule has 0 radical (unpaired) electrons. The van der Waals surface area contributed by atoms with Gasteiger partial charge in [-0.25, -0.2) is 9.78 Å². The van der Waals surface area contributed by atoms with Crippen molar-refractivity contribution in [3.8, 4) is 0 Å². The standard InChI is InChI=1S/C18H20N4O3S/c1-12-11-26-17(19-12)21-15(23)9-3-2-6-10-22-16(24)13-7-4-5-8-14(13)20-18(22)25/h4-5,7-8,11,13H,2-3,6,9-10H2,1H3,(H,19,21,23). The average molecular weight is 372 g/mol. The summed E-state index contributed by atoms with van der Waals surface area (Å²) in [4.78, 5) is 45.7. The van der Waals surface area contributed by atoms with Gasteiger partial charge in [0.1, 0.15) is 0 Å². The third-order valence-electron chi connectivity index (χ3n) is 4.14. The number of amides is 4. The summed E-state index contributed by atoms with van der Waals surface area (Å²) < 4.78 is 0. The van der Waals surface area contributed by atoms with Gasteiger partial charge in [-0.3, -0.25) is 14.5 Å². The lowest BCUT2D eigenvalue weighted by Gasteiger charge is -2.28. The Morgan fingerprint density at radius 2 is 2.12 bits per heavy atom. The predicted octanol–water partition coefficient (Wildman–Crippen LogP) is 3.10. The van der Waals surface area contributed by atoms with Gasteiger partial charge in [0.15, 0.2) is 5.13 Å². The van der Waals surface area contributed by atoms with E-state index in [9.17, 15) is 14.4 Å². The zero-order chi connectivity index (χ0) is 18.5. The lowest BCUT2D eigenvalue weighted by atomic mass is 9.95. The van der Waals surface area contributed by atoms with E-state index in [0.29, 0.717) is 36.7 Å². The summed E-state index contributed by atoms with van der Waals surface area (Å²) in [7, 11) is 0. The van der Waals surface area contributed by atoms with Crippen LogP contribution in [0.25, 0.3) is 0 Å². The summed E-state index contributed by atoms with van der Waals surface area (Å²) in [5.41, 5.74) is 1.39. The molecule has 2 aliphatic rings. The molecule has 1 aromatic rings. The highest BCUT2D eigenvalue weighted by Crippen LogP contribution is 2.20. The summed E-state index contributed by atoms with van der Waals surface area (Å²) in [6.45, 7) is 2.21. The van der Waals surface area contributed by atoms with Crippen LogP contribution in [0.2, 0.25) is 0 Å². The first-order valence-corrected chi connectivity index (χ1v) is 9.43. The van der Waals surface area contributed by atoms with Gasteiger partial charge in [0.2, 0.25) is 11.8 Å². The number of unbranched alkanes of at least 4 members (excludes halogenated alkanes) is 2. The SMILES string of the molecule is Cc1csc(NC(=O)CCCCCN2C(=O)N=C3C=CC=CC3C2=O)n1. The highest BCUT2D eigenvalue weighted by Gasteiger charge is 2.35. The van der Waals surface area contributed by atoms with Crippen LogP contribution >= 0.6 is 11.3 Å². The zero-order valence-corrected chi connectivity index (χ0v) is 15.3. The molecule has 26 heavy (non-hydrogen) atoms. The number of fused-ring (bicyclic) bond motifs is 1. The van der Waals surface area contributed by atoms with E-state index in [2.05, 4.69) is 15.3 Å². The number of urea groups is 1. The molecule has 1 aromatic heterocycles. The quantitative estimate of drug-likeness (QED) is 0.745. The van der Waals surface area contributed by atoms with Crippen molar-refractivity contribution in [2.75, 3.05) is 11.9 Å². The fraction of sp³-hybridized carbons (Fsp3) is 0.389. The Morgan fingerprint density at radius 1 is 1.27 bits per heavy atom.